The summed E-state index contributed by atoms with van der Waals surface area (Å²) in [5.74, 6) is 0. The highest BCUT2D eigenvalue weighted by atomic mass is 32.2. The lowest BCUT2D eigenvalue weighted by atomic mass is 9.87. The third kappa shape index (κ3) is 2.56. The van der Waals surface area contributed by atoms with Crippen molar-refractivity contribution in [2.45, 2.75) is 43.0 Å². The molecule has 0 fully saturated rings. The molecule has 0 unspecified atom stereocenters. The largest absolute Gasteiger partial charge is 0.335 e. The molecule has 0 radical (unpaired) electrons. The van der Waals surface area contributed by atoms with Gasteiger partial charge in [-0.3, -0.25) is 0 Å². The van der Waals surface area contributed by atoms with Crippen LogP contribution in [0.1, 0.15) is 32.0 Å². The number of aromatic nitrogens is 2. The van der Waals surface area contributed by atoms with Crippen molar-refractivity contribution >= 4 is 9.84 Å². The van der Waals surface area contributed by atoms with Crippen molar-refractivity contribution in [2.75, 3.05) is 0 Å². The molecule has 1 N–H and O–H groups in total. The number of sulfone groups is 1. The number of aryl methyl sites for hydroxylation is 1. The summed E-state index contributed by atoms with van der Waals surface area (Å²) in [6, 6.07) is 7.02. The molecule has 102 valence electrons. The smallest absolute Gasteiger partial charge is 0.223 e. The first kappa shape index (κ1) is 13.8. The van der Waals surface area contributed by atoms with E-state index in [2.05, 4.69) is 30.7 Å². The average molecular weight is 278 g/mol. The number of aromatic amines is 1. The number of H-pyrrole nitrogens is 1. The zero-order valence-electron chi connectivity index (χ0n) is 11.6. The molecule has 2 aromatic rings. The van der Waals surface area contributed by atoms with Crippen LogP contribution in [0.4, 0.5) is 0 Å². The van der Waals surface area contributed by atoms with Gasteiger partial charge in [0.05, 0.1) is 16.9 Å². The second-order valence-corrected chi connectivity index (χ2v) is 7.48. The van der Waals surface area contributed by atoms with Crippen LogP contribution in [-0.2, 0) is 15.3 Å². The monoisotopic (exact) mass is 278 g/mol. The third-order valence-corrected chi connectivity index (χ3v) is 4.93. The van der Waals surface area contributed by atoms with Gasteiger partial charge in [0.25, 0.3) is 0 Å². The summed E-state index contributed by atoms with van der Waals surface area (Å²) >= 11 is 0. The van der Waals surface area contributed by atoms with Gasteiger partial charge in [-0.15, -0.1) is 0 Å². The molecule has 0 bridgehead atoms. The van der Waals surface area contributed by atoms with Crippen LogP contribution < -0.4 is 0 Å². The second-order valence-electron chi connectivity index (χ2n) is 5.59. The summed E-state index contributed by atoms with van der Waals surface area (Å²) in [6.07, 6.45) is 1.39. The summed E-state index contributed by atoms with van der Waals surface area (Å²) in [4.78, 5) is 6.91. The molecule has 4 nitrogen and oxygen atoms in total. The van der Waals surface area contributed by atoms with E-state index in [1.54, 1.807) is 19.1 Å². The fourth-order valence-corrected chi connectivity index (χ4v) is 3.25. The molecule has 0 spiro atoms. The Morgan fingerprint density at radius 1 is 1.11 bits per heavy atom. The number of rotatable bonds is 2. The maximum atomic E-state index is 12.4. The summed E-state index contributed by atoms with van der Waals surface area (Å²) in [7, 11) is -3.51. The highest BCUT2D eigenvalue weighted by Crippen LogP contribution is 2.26. The van der Waals surface area contributed by atoms with Gasteiger partial charge in [0.1, 0.15) is 0 Å². The van der Waals surface area contributed by atoms with Gasteiger partial charge in [-0.05, 0) is 30.0 Å². The molecule has 0 saturated heterocycles. The lowest BCUT2D eigenvalue weighted by Gasteiger charge is -2.19. The van der Waals surface area contributed by atoms with E-state index < -0.39 is 9.84 Å². The minimum Gasteiger partial charge on any atom is -0.335 e. The molecule has 5 heteroatoms. The van der Waals surface area contributed by atoms with E-state index in [9.17, 15) is 8.42 Å². The van der Waals surface area contributed by atoms with Crippen molar-refractivity contribution in [1.29, 1.82) is 0 Å². The first-order valence-electron chi connectivity index (χ1n) is 6.08. The lowest BCUT2D eigenvalue weighted by molar-refractivity contribution is 0.585. The molecule has 0 amide bonds. The minimum atomic E-state index is -3.51. The molecule has 0 aliphatic heterocycles. The van der Waals surface area contributed by atoms with Crippen LogP contribution in [0.3, 0.4) is 0 Å². The Morgan fingerprint density at radius 3 is 2.11 bits per heavy atom. The van der Waals surface area contributed by atoms with Crippen molar-refractivity contribution in [3.8, 4) is 0 Å². The molecule has 0 atom stereocenters. The molecule has 2 rings (SSSR count). The minimum absolute atomic E-state index is 0.00615. The molecular weight excluding hydrogens is 260 g/mol. The van der Waals surface area contributed by atoms with Crippen molar-refractivity contribution < 1.29 is 8.42 Å². The van der Waals surface area contributed by atoms with Crippen LogP contribution >= 0.6 is 0 Å². The van der Waals surface area contributed by atoms with E-state index in [1.807, 2.05) is 12.1 Å². The molecule has 0 saturated carbocycles. The Kier molecular flexibility index (Phi) is 3.26. The molecule has 1 aromatic heterocycles. The van der Waals surface area contributed by atoms with E-state index in [4.69, 9.17) is 0 Å². The number of nitrogens with zero attached hydrogens (tertiary/aromatic N) is 1. The highest BCUT2D eigenvalue weighted by molar-refractivity contribution is 7.91. The van der Waals surface area contributed by atoms with E-state index >= 15 is 0 Å². The molecule has 1 aromatic carbocycles. The van der Waals surface area contributed by atoms with Crippen molar-refractivity contribution in [3.05, 3.63) is 41.9 Å². The Labute approximate surface area is 113 Å². The molecule has 0 aliphatic carbocycles. The Balaban J connectivity index is 2.46. The molecule has 1 heterocycles. The fraction of sp³-hybridized carbons (Fsp3) is 0.357. The third-order valence-electron chi connectivity index (χ3n) is 3.08. The van der Waals surface area contributed by atoms with Crippen molar-refractivity contribution in [3.63, 3.8) is 0 Å². The van der Waals surface area contributed by atoms with Gasteiger partial charge in [-0.2, -0.15) is 0 Å². The average Bonchev–Trinajstić information content (AvgIpc) is 2.75. The number of benzene rings is 1. The molecule has 19 heavy (non-hydrogen) atoms. The fourth-order valence-electron chi connectivity index (χ4n) is 1.87. The Morgan fingerprint density at radius 2 is 1.68 bits per heavy atom. The maximum Gasteiger partial charge on any atom is 0.223 e. The van der Waals surface area contributed by atoms with E-state index in [1.165, 1.54) is 6.33 Å². The summed E-state index contributed by atoms with van der Waals surface area (Å²) in [5, 5.41) is 0.163. The number of hydrogen-bond acceptors (Lipinski definition) is 3. The van der Waals surface area contributed by atoms with E-state index in [0.717, 1.165) is 5.56 Å². The SMILES string of the molecule is Cc1nc[nH]c1S(=O)(=O)c1ccc(C(C)(C)C)cc1. The zero-order valence-corrected chi connectivity index (χ0v) is 12.4. The first-order valence-corrected chi connectivity index (χ1v) is 7.57. The zero-order chi connectivity index (χ0) is 14.3. The Bertz CT molecular complexity index is 677. The predicted octanol–water partition coefficient (Wildman–Crippen LogP) is 2.85. The van der Waals surface area contributed by atoms with Crippen LogP contribution in [0.25, 0.3) is 0 Å². The van der Waals surface area contributed by atoms with Crippen LogP contribution in [0.2, 0.25) is 0 Å². The quantitative estimate of drug-likeness (QED) is 0.918. The van der Waals surface area contributed by atoms with Gasteiger partial charge < -0.3 is 4.98 Å². The van der Waals surface area contributed by atoms with Gasteiger partial charge in [-0.25, -0.2) is 13.4 Å². The van der Waals surface area contributed by atoms with Crippen molar-refractivity contribution in [2.24, 2.45) is 0 Å². The van der Waals surface area contributed by atoms with Crippen LogP contribution in [0, 0.1) is 6.92 Å². The van der Waals surface area contributed by atoms with Gasteiger partial charge in [0.2, 0.25) is 9.84 Å². The lowest BCUT2D eigenvalue weighted by Crippen LogP contribution is -2.11. The first-order chi connectivity index (χ1) is 8.73. The van der Waals surface area contributed by atoms with Gasteiger partial charge in [0, 0.05) is 0 Å². The topological polar surface area (TPSA) is 62.8 Å². The normalized spacial score (nSPS) is 12.6. The van der Waals surface area contributed by atoms with Crippen LogP contribution in [0.15, 0.2) is 40.5 Å². The summed E-state index contributed by atoms with van der Waals surface area (Å²) in [6.45, 7) is 7.95. The van der Waals surface area contributed by atoms with E-state index in [-0.39, 0.29) is 15.3 Å². The standard InChI is InChI=1S/C14H18N2O2S/c1-10-13(16-9-15-10)19(17,18)12-7-5-11(6-8-12)14(2,3)4/h5-9H,1-4H3,(H,15,16). The van der Waals surface area contributed by atoms with Crippen LogP contribution in [0.5, 0.6) is 0 Å². The number of imidazole rings is 1. The molecular formula is C14H18N2O2S. The van der Waals surface area contributed by atoms with E-state index in [0.29, 0.717) is 5.69 Å². The van der Waals surface area contributed by atoms with Gasteiger partial charge in [0.15, 0.2) is 5.03 Å². The highest BCUT2D eigenvalue weighted by Gasteiger charge is 2.22. The number of hydrogen-bond donors (Lipinski definition) is 1. The van der Waals surface area contributed by atoms with Gasteiger partial charge >= 0.3 is 0 Å². The van der Waals surface area contributed by atoms with Crippen molar-refractivity contribution in [1.82, 2.24) is 9.97 Å². The number of nitrogens with one attached hydrogen (secondary N) is 1. The Hall–Kier alpha value is -1.62. The maximum absolute atomic E-state index is 12.4. The summed E-state index contributed by atoms with van der Waals surface area (Å²) < 4.78 is 24.8. The second kappa shape index (κ2) is 4.49. The van der Waals surface area contributed by atoms with Gasteiger partial charge in [-0.1, -0.05) is 32.9 Å². The van der Waals surface area contributed by atoms with Crippen LogP contribution in [-0.4, -0.2) is 18.4 Å². The molecule has 0 aliphatic rings. The predicted molar refractivity (Wildman–Crippen MR) is 73.9 cm³/mol. The summed E-state index contributed by atoms with van der Waals surface area (Å²) in [5.41, 5.74) is 1.60.